The molecule has 3 N–H and O–H groups in total. The number of nitrogens with one attached hydrogen (secondary N) is 1. The fourth-order valence-electron chi connectivity index (χ4n) is 2.26. The SMILES string of the molecule is CCOCCC(=O)NCC1(CN)CCCC1. The molecule has 0 radical (unpaired) electrons. The van der Waals surface area contributed by atoms with Gasteiger partial charge in [0, 0.05) is 19.6 Å². The standard InChI is InChI=1S/C12H24N2O2/c1-2-16-8-5-11(15)14-10-12(9-13)6-3-4-7-12/h2-10,13H2,1H3,(H,14,15). The zero-order valence-electron chi connectivity index (χ0n) is 10.3. The number of amides is 1. The van der Waals surface area contributed by atoms with Crippen molar-refractivity contribution >= 4 is 5.91 Å². The van der Waals surface area contributed by atoms with Crippen LogP contribution in [0.2, 0.25) is 0 Å². The number of carbonyl (C=O) groups excluding carboxylic acids is 1. The Bertz CT molecular complexity index is 213. The maximum absolute atomic E-state index is 11.5. The number of rotatable bonds is 7. The Morgan fingerprint density at radius 1 is 1.44 bits per heavy atom. The van der Waals surface area contributed by atoms with E-state index < -0.39 is 0 Å². The van der Waals surface area contributed by atoms with Crippen molar-refractivity contribution in [2.24, 2.45) is 11.1 Å². The average Bonchev–Trinajstić information content (AvgIpc) is 2.76. The van der Waals surface area contributed by atoms with E-state index in [1.807, 2.05) is 6.92 Å². The van der Waals surface area contributed by atoms with Crippen molar-refractivity contribution in [1.82, 2.24) is 5.32 Å². The van der Waals surface area contributed by atoms with Crippen LogP contribution in [0.5, 0.6) is 0 Å². The molecule has 0 heterocycles. The summed E-state index contributed by atoms with van der Waals surface area (Å²) in [6.07, 6.45) is 5.23. The Labute approximate surface area is 97.9 Å². The highest BCUT2D eigenvalue weighted by Crippen LogP contribution is 2.36. The lowest BCUT2D eigenvalue weighted by Crippen LogP contribution is -2.40. The summed E-state index contributed by atoms with van der Waals surface area (Å²) in [4.78, 5) is 11.5. The molecule has 0 atom stereocenters. The second kappa shape index (κ2) is 6.86. The Hall–Kier alpha value is -0.610. The zero-order chi connectivity index (χ0) is 11.9. The molecule has 4 heteroatoms. The van der Waals surface area contributed by atoms with E-state index in [0.29, 0.717) is 26.2 Å². The van der Waals surface area contributed by atoms with Crippen molar-refractivity contribution in [1.29, 1.82) is 0 Å². The second-order valence-electron chi connectivity index (χ2n) is 4.63. The second-order valence-corrected chi connectivity index (χ2v) is 4.63. The van der Waals surface area contributed by atoms with Crippen molar-refractivity contribution in [2.45, 2.75) is 39.0 Å². The average molecular weight is 228 g/mol. The molecule has 16 heavy (non-hydrogen) atoms. The summed E-state index contributed by atoms with van der Waals surface area (Å²) < 4.78 is 5.14. The van der Waals surface area contributed by atoms with E-state index in [-0.39, 0.29) is 11.3 Å². The van der Waals surface area contributed by atoms with Crippen LogP contribution < -0.4 is 11.1 Å². The van der Waals surface area contributed by atoms with E-state index in [4.69, 9.17) is 10.5 Å². The van der Waals surface area contributed by atoms with Crippen LogP contribution in [-0.2, 0) is 9.53 Å². The van der Waals surface area contributed by atoms with E-state index in [9.17, 15) is 4.79 Å². The highest BCUT2D eigenvalue weighted by molar-refractivity contribution is 5.76. The Balaban J connectivity index is 2.19. The van der Waals surface area contributed by atoms with Gasteiger partial charge in [0.2, 0.25) is 5.91 Å². The predicted molar refractivity (Wildman–Crippen MR) is 64.1 cm³/mol. The van der Waals surface area contributed by atoms with E-state index in [0.717, 1.165) is 19.4 Å². The van der Waals surface area contributed by atoms with Gasteiger partial charge in [-0.25, -0.2) is 0 Å². The van der Waals surface area contributed by atoms with Gasteiger partial charge in [-0.05, 0) is 31.7 Å². The first-order valence-electron chi connectivity index (χ1n) is 6.27. The molecule has 1 saturated carbocycles. The lowest BCUT2D eigenvalue weighted by molar-refractivity contribution is -0.122. The van der Waals surface area contributed by atoms with Crippen LogP contribution in [0, 0.1) is 5.41 Å². The molecule has 1 aliphatic carbocycles. The first kappa shape index (κ1) is 13.5. The molecule has 0 bridgehead atoms. The highest BCUT2D eigenvalue weighted by atomic mass is 16.5. The van der Waals surface area contributed by atoms with Crippen molar-refractivity contribution in [3.63, 3.8) is 0 Å². The molecule has 1 rings (SSSR count). The van der Waals surface area contributed by atoms with Gasteiger partial charge in [-0.2, -0.15) is 0 Å². The Morgan fingerprint density at radius 3 is 2.69 bits per heavy atom. The summed E-state index contributed by atoms with van der Waals surface area (Å²) in [5.74, 6) is 0.0770. The lowest BCUT2D eigenvalue weighted by atomic mass is 9.86. The normalized spacial score (nSPS) is 18.6. The number of carbonyl (C=O) groups is 1. The molecule has 0 aromatic heterocycles. The van der Waals surface area contributed by atoms with Crippen LogP contribution in [0.3, 0.4) is 0 Å². The van der Waals surface area contributed by atoms with Crippen LogP contribution in [0.4, 0.5) is 0 Å². The Kier molecular flexibility index (Phi) is 5.77. The topological polar surface area (TPSA) is 64.3 Å². The maximum atomic E-state index is 11.5. The smallest absolute Gasteiger partial charge is 0.222 e. The number of nitrogens with two attached hydrogens (primary N) is 1. The van der Waals surface area contributed by atoms with Gasteiger partial charge >= 0.3 is 0 Å². The molecule has 0 aromatic carbocycles. The van der Waals surface area contributed by atoms with E-state index >= 15 is 0 Å². The molecule has 4 nitrogen and oxygen atoms in total. The summed E-state index contributed by atoms with van der Waals surface area (Å²) in [6.45, 7) is 4.52. The van der Waals surface area contributed by atoms with Crippen LogP contribution in [0.15, 0.2) is 0 Å². The van der Waals surface area contributed by atoms with Crippen molar-refractivity contribution < 1.29 is 9.53 Å². The molecule has 0 spiro atoms. The molecule has 94 valence electrons. The lowest BCUT2D eigenvalue weighted by Gasteiger charge is -2.27. The van der Waals surface area contributed by atoms with Gasteiger partial charge in [-0.3, -0.25) is 4.79 Å². The summed E-state index contributed by atoms with van der Waals surface area (Å²) in [6, 6.07) is 0. The minimum Gasteiger partial charge on any atom is -0.381 e. The quantitative estimate of drug-likeness (QED) is 0.640. The fourth-order valence-corrected chi connectivity index (χ4v) is 2.26. The predicted octanol–water partition coefficient (Wildman–Crippen LogP) is 1.05. The first-order chi connectivity index (χ1) is 7.72. The molecule has 1 aliphatic rings. The monoisotopic (exact) mass is 228 g/mol. The summed E-state index contributed by atoms with van der Waals surface area (Å²) in [5, 5.41) is 2.98. The zero-order valence-corrected chi connectivity index (χ0v) is 10.3. The molecule has 0 aliphatic heterocycles. The van der Waals surface area contributed by atoms with Gasteiger partial charge < -0.3 is 15.8 Å². The van der Waals surface area contributed by atoms with E-state index in [2.05, 4.69) is 5.32 Å². The molecular formula is C12H24N2O2. The van der Waals surface area contributed by atoms with Crippen molar-refractivity contribution in [2.75, 3.05) is 26.3 Å². The van der Waals surface area contributed by atoms with Crippen LogP contribution in [-0.4, -0.2) is 32.2 Å². The van der Waals surface area contributed by atoms with Gasteiger partial charge in [0.15, 0.2) is 0 Å². The minimum atomic E-state index is 0.0770. The highest BCUT2D eigenvalue weighted by Gasteiger charge is 2.32. The van der Waals surface area contributed by atoms with E-state index in [1.165, 1.54) is 12.8 Å². The van der Waals surface area contributed by atoms with Crippen LogP contribution in [0.1, 0.15) is 39.0 Å². The molecule has 0 aromatic rings. The van der Waals surface area contributed by atoms with Crippen molar-refractivity contribution in [3.8, 4) is 0 Å². The minimum absolute atomic E-state index is 0.0770. The van der Waals surface area contributed by atoms with Gasteiger partial charge in [-0.1, -0.05) is 12.8 Å². The summed E-state index contributed by atoms with van der Waals surface area (Å²) >= 11 is 0. The fraction of sp³-hybridized carbons (Fsp3) is 0.917. The molecule has 0 saturated heterocycles. The van der Waals surface area contributed by atoms with E-state index in [1.54, 1.807) is 0 Å². The van der Waals surface area contributed by atoms with Gasteiger partial charge in [0.05, 0.1) is 6.61 Å². The van der Waals surface area contributed by atoms with Crippen LogP contribution in [0.25, 0.3) is 0 Å². The summed E-state index contributed by atoms with van der Waals surface area (Å²) in [7, 11) is 0. The molecule has 0 unspecified atom stereocenters. The van der Waals surface area contributed by atoms with Crippen molar-refractivity contribution in [3.05, 3.63) is 0 Å². The molecule has 1 fully saturated rings. The first-order valence-corrected chi connectivity index (χ1v) is 6.27. The number of hydrogen-bond donors (Lipinski definition) is 2. The number of ether oxygens (including phenoxy) is 1. The van der Waals surface area contributed by atoms with Crippen LogP contribution >= 0.6 is 0 Å². The number of hydrogen-bond acceptors (Lipinski definition) is 3. The molecule has 1 amide bonds. The maximum Gasteiger partial charge on any atom is 0.222 e. The van der Waals surface area contributed by atoms with Gasteiger partial charge in [0.25, 0.3) is 0 Å². The Morgan fingerprint density at radius 2 is 2.12 bits per heavy atom. The molecular weight excluding hydrogens is 204 g/mol. The third-order valence-electron chi connectivity index (χ3n) is 3.44. The van der Waals surface area contributed by atoms with Gasteiger partial charge in [-0.15, -0.1) is 0 Å². The van der Waals surface area contributed by atoms with Gasteiger partial charge in [0.1, 0.15) is 0 Å². The third-order valence-corrected chi connectivity index (χ3v) is 3.44. The summed E-state index contributed by atoms with van der Waals surface area (Å²) in [5.41, 5.74) is 5.97. The largest absolute Gasteiger partial charge is 0.381 e. The third kappa shape index (κ3) is 4.10.